The van der Waals surface area contributed by atoms with E-state index < -0.39 is 20.5 Å². The Balaban J connectivity index is 2.27. The number of sulfone groups is 1. The third kappa shape index (κ3) is 4.15. The molecule has 1 heterocycles. The van der Waals surface area contributed by atoms with Gasteiger partial charge in [0.1, 0.15) is 5.75 Å². The van der Waals surface area contributed by atoms with Crippen molar-refractivity contribution in [2.45, 2.75) is 5.75 Å². The Labute approximate surface area is 131 Å². The summed E-state index contributed by atoms with van der Waals surface area (Å²) in [4.78, 5) is 10.4. The van der Waals surface area contributed by atoms with Crippen LogP contribution in [0.2, 0.25) is 0 Å². The second-order valence-electron chi connectivity index (χ2n) is 4.42. The fourth-order valence-electron chi connectivity index (χ4n) is 1.78. The van der Waals surface area contributed by atoms with Gasteiger partial charge < -0.3 is 4.74 Å². The van der Waals surface area contributed by atoms with Crippen LogP contribution in [0.3, 0.4) is 0 Å². The summed E-state index contributed by atoms with van der Waals surface area (Å²) >= 11 is 1.46. The molecular formula is C14H13NO5S2. The molecule has 0 amide bonds. The van der Waals surface area contributed by atoms with Gasteiger partial charge in [-0.2, -0.15) is 11.3 Å². The number of benzene rings is 1. The largest absolute Gasteiger partial charge is 0.497 e. The topological polar surface area (TPSA) is 86.5 Å². The van der Waals surface area contributed by atoms with E-state index in [1.807, 2.05) is 10.8 Å². The summed E-state index contributed by atoms with van der Waals surface area (Å²) in [5.41, 5.74) is 0.630. The van der Waals surface area contributed by atoms with Crippen LogP contribution in [-0.4, -0.2) is 20.5 Å². The summed E-state index contributed by atoms with van der Waals surface area (Å²) in [6, 6.07) is 5.90. The fourth-order valence-corrected chi connectivity index (χ4v) is 3.55. The number of thiophene rings is 1. The van der Waals surface area contributed by atoms with Crippen molar-refractivity contribution in [1.29, 1.82) is 0 Å². The van der Waals surface area contributed by atoms with Crippen molar-refractivity contribution >= 4 is 32.9 Å². The normalized spacial score (nSPS) is 11.7. The number of nitro groups is 1. The van der Waals surface area contributed by atoms with Gasteiger partial charge in [0.25, 0.3) is 5.69 Å². The highest BCUT2D eigenvalue weighted by molar-refractivity contribution is 7.93. The third-order valence-corrected chi connectivity index (χ3v) is 4.82. The average molecular weight is 339 g/mol. The molecule has 0 bridgehead atoms. The van der Waals surface area contributed by atoms with E-state index in [0.717, 1.165) is 11.0 Å². The number of methoxy groups -OCH3 is 1. The first-order valence-corrected chi connectivity index (χ1v) is 8.81. The molecule has 0 atom stereocenters. The molecule has 0 aliphatic heterocycles. The zero-order valence-electron chi connectivity index (χ0n) is 11.6. The summed E-state index contributed by atoms with van der Waals surface area (Å²) in [7, 11) is -2.22. The third-order valence-electron chi connectivity index (χ3n) is 2.86. The van der Waals surface area contributed by atoms with Crippen molar-refractivity contribution in [2.24, 2.45) is 0 Å². The SMILES string of the molecule is COc1ccc(CS(=O)(=O)C=Cc2ccsc2)c([N+](=O)[O-])c1. The molecule has 0 spiro atoms. The van der Waals surface area contributed by atoms with Gasteiger partial charge in [-0.15, -0.1) is 0 Å². The van der Waals surface area contributed by atoms with Gasteiger partial charge in [-0.3, -0.25) is 10.1 Å². The minimum Gasteiger partial charge on any atom is -0.497 e. The first-order chi connectivity index (χ1) is 10.4. The summed E-state index contributed by atoms with van der Waals surface area (Å²) < 4.78 is 29.1. The lowest BCUT2D eigenvalue weighted by molar-refractivity contribution is -0.385. The van der Waals surface area contributed by atoms with Gasteiger partial charge in [0.15, 0.2) is 9.84 Å². The van der Waals surface area contributed by atoms with Crippen LogP contribution in [-0.2, 0) is 15.6 Å². The van der Waals surface area contributed by atoms with Gasteiger partial charge in [-0.1, -0.05) is 0 Å². The second-order valence-corrected chi connectivity index (χ2v) is 7.08. The zero-order valence-corrected chi connectivity index (χ0v) is 13.3. The predicted octanol–water partition coefficient (Wildman–Crippen LogP) is 3.25. The van der Waals surface area contributed by atoms with Crippen LogP contribution in [0.15, 0.2) is 40.4 Å². The van der Waals surface area contributed by atoms with Crippen LogP contribution in [0.4, 0.5) is 5.69 Å². The van der Waals surface area contributed by atoms with E-state index in [2.05, 4.69) is 0 Å². The van der Waals surface area contributed by atoms with Gasteiger partial charge in [-0.05, 0) is 40.6 Å². The first-order valence-electron chi connectivity index (χ1n) is 6.15. The first kappa shape index (κ1) is 16.2. The maximum absolute atomic E-state index is 12.1. The van der Waals surface area contributed by atoms with Crippen molar-refractivity contribution in [3.05, 3.63) is 61.7 Å². The predicted molar refractivity (Wildman–Crippen MR) is 85.6 cm³/mol. The average Bonchev–Trinajstić information content (AvgIpc) is 2.98. The van der Waals surface area contributed by atoms with Crippen molar-refractivity contribution in [3.8, 4) is 5.75 Å². The molecule has 6 nitrogen and oxygen atoms in total. The number of nitrogens with zero attached hydrogens (tertiary/aromatic N) is 1. The van der Waals surface area contributed by atoms with Crippen molar-refractivity contribution in [2.75, 3.05) is 7.11 Å². The van der Waals surface area contributed by atoms with E-state index in [9.17, 15) is 18.5 Å². The van der Waals surface area contributed by atoms with E-state index in [1.165, 1.54) is 42.7 Å². The molecule has 116 valence electrons. The fraction of sp³-hybridized carbons (Fsp3) is 0.143. The van der Waals surface area contributed by atoms with Gasteiger partial charge in [-0.25, -0.2) is 8.42 Å². The van der Waals surface area contributed by atoms with Crippen molar-refractivity contribution in [3.63, 3.8) is 0 Å². The van der Waals surface area contributed by atoms with E-state index in [4.69, 9.17) is 4.74 Å². The highest BCUT2D eigenvalue weighted by Crippen LogP contribution is 2.26. The number of hydrogen-bond donors (Lipinski definition) is 0. The Kier molecular flexibility index (Phi) is 4.94. The maximum Gasteiger partial charge on any atom is 0.277 e. The van der Waals surface area contributed by atoms with E-state index in [-0.39, 0.29) is 11.3 Å². The van der Waals surface area contributed by atoms with Crippen molar-refractivity contribution in [1.82, 2.24) is 0 Å². The lowest BCUT2D eigenvalue weighted by Gasteiger charge is -2.04. The summed E-state index contributed by atoms with van der Waals surface area (Å²) in [6.07, 6.45) is 1.47. The molecule has 0 aliphatic carbocycles. The Morgan fingerprint density at radius 3 is 2.73 bits per heavy atom. The Morgan fingerprint density at radius 1 is 1.36 bits per heavy atom. The van der Waals surface area contributed by atoms with Crippen LogP contribution >= 0.6 is 11.3 Å². The van der Waals surface area contributed by atoms with Gasteiger partial charge in [0.2, 0.25) is 0 Å². The second kappa shape index (κ2) is 6.71. The zero-order chi connectivity index (χ0) is 16.2. The van der Waals surface area contributed by atoms with Crippen LogP contribution in [0, 0.1) is 10.1 Å². The molecule has 0 N–H and O–H groups in total. The molecule has 0 fully saturated rings. The number of hydrogen-bond acceptors (Lipinski definition) is 6. The maximum atomic E-state index is 12.1. The number of rotatable bonds is 6. The molecule has 0 aliphatic rings. The molecule has 0 radical (unpaired) electrons. The van der Waals surface area contributed by atoms with Gasteiger partial charge >= 0.3 is 0 Å². The molecule has 1 aromatic heterocycles. The molecule has 1 aromatic carbocycles. The quantitative estimate of drug-likeness (QED) is 0.595. The smallest absolute Gasteiger partial charge is 0.277 e. The molecule has 22 heavy (non-hydrogen) atoms. The Morgan fingerprint density at radius 2 is 2.14 bits per heavy atom. The number of ether oxygens (including phenoxy) is 1. The molecule has 0 saturated heterocycles. The van der Waals surface area contributed by atoms with Crippen LogP contribution < -0.4 is 4.74 Å². The Bertz CT molecular complexity index is 795. The van der Waals surface area contributed by atoms with E-state index in [1.54, 1.807) is 6.07 Å². The molecule has 0 saturated carbocycles. The van der Waals surface area contributed by atoms with E-state index >= 15 is 0 Å². The lowest BCUT2D eigenvalue weighted by atomic mass is 10.2. The Hall–Kier alpha value is -2.19. The monoisotopic (exact) mass is 339 g/mol. The molecule has 2 aromatic rings. The highest BCUT2D eigenvalue weighted by atomic mass is 32.2. The lowest BCUT2D eigenvalue weighted by Crippen LogP contribution is -2.04. The summed E-state index contributed by atoms with van der Waals surface area (Å²) in [6.45, 7) is 0. The van der Waals surface area contributed by atoms with E-state index in [0.29, 0.717) is 5.75 Å². The highest BCUT2D eigenvalue weighted by Gasteiger charge is 2.19. The standard InChI is InChI=1S/C14H13NO5S2/c1-20-13-3-2-12(14(8-13)15(16)17)10-22(18,19)7-5-11-4-6-21-9-11/h2-9H,10H2,1H3. The molecule has 8 heteroatoms. The summed E-state index contributed by atoms with van der Waals surface area (Å²) in [5, 5.41) is 15.8. The van der Waals surface area contributed by atoms with Crippen LogP contribution in [0.25, 0.3) is 6.08 Å². The van der Waals surface area contributed by atoms with Gasteiger partial charge in [0.05, 0.1) is 23.9 Å². The molecule has 2 rings (SSSR count). The molecule has 0 unspecified atom stereocenters. The summed E-state index contributed by atoms with van der Waals surface area (Å²) in [5.74, 6) is -0.129. The van der Waals surface area contributed by atoms with Crippen LogP contribution in [0.5, 0.6) is 5.75 Å². The van der Waals surface area contributed by atoms with Crippen molar-refractivity contribution < 1.29 is 18.1 Å². The number of nitro benzene ring substituents is 1. The minimum atomic E-state index is -3.61. The van der Waals surface area contributed by atoms with Gasteiger partial charge in [0, 0.05) is 11.0 Å². The van der Waals surface area contributed by atoms with Crippen LogP contribution in [0.1, 0.15) is 11.1 Å². The minimum absolute atomic E-state index is 0.126. The molecular weight excluding hydrogens is 326 g/mol.